The largest absolute Gasteiger partial charge is 0.143 e. The highest BCUT2D eigenvalue weighted by Gasteiger charge is 2.42. The summed E-state index contributed by atoms with van der Waals surface area (Å²) in [4.78, 5) is 3.21. The van der Waals surface area contributed by atoms with Gasteiger partial charge in [-0.05, 0) is 27.2 Å². The highest BCUT2D eigenvalue weighted by molar-refractivity contribution is 7.27. The normalized spacial score (nSPS) is 15.3. The summed E-state index contributed by atoms with van der Waals surface area (Å²) in [5.41, 5.74) is 0. The first kappa shape index (κ1) is 14.5. The van der Waals surface area contributed by atoms with Crippen LogP contribution in [0.3, 0.4) is 0 Å². The molecular formula is C17H24S2Si. The molecule has 0 aliphatic carbocycles. The van der Waals surface area contributed by atoms with Gasteiger partial charge >= 0.3 is 0 Å². The summed E-state index contributed by atoms with van der Waals surface area (Å²) < 4.78 is 0. The smallest absolute Gasteiger partial charge is 0.119 e. The zero-order valence-electron chi connectivity index (χ0n) is 12.6. The molecule has 0 atom stereocenters. The monoisotopic (exact) mass is 320 g/mol. The maximum absolute atomic E-state index is 2.60. The summed E-state index contributed by atoms with van der Waals surface area (Å²) in [7, 11) is -1.37. The second-order valence-electron chi connectivity index (χ2n) is 6.18. The van der Waals surface area contributed by atoms with Crippen LogP contribution in [0.15, 0.2) is 22.9 Å². The van der Waals surface area contributed by atoms with Crippen LogP contribution in [-0.4, -0.2) is 8.07 Å². The van der Waals surface area contributed by atoms with Gasteiger partial charge in [-0.2, -0.15) is 0 Å². The third kappa shape index (κ3) is 2.44. The van der Waals surface area contributed by atoms with Gasteiger partial charge in [0.15, 0.2) is 0 Å². The van der Waals surface area contributed by atoms with Crippen LogP contribution in [0, 0.1) is 0 Å². The Kier molecular flexibility index (Phi) is 4.48. The molecule has 0 spiro atoms. The summed E-state index contributed by atoms with van der Waals surface area (Å²) in [6.07, 6.45) is 8.49. The molecule has 0 saturated heterocycles. The maximum atomic E-state index is 2.60. The van der Waals surface area contributed by atoms with E-state index in [1.807, 2.05) is 22.7 Å². The molecule has 20 heavy (non-hydrogen) atoms. The lowest BCUT2D eigenvalue weighted by Crippen LogP contribution is -2.51. The Morgan fingerprint density at radius 1 is 0.850 bits per heavy atom. The first-order valence-electron chi connectivity index (χ1n) is 7.93. The molecule has 3 heterocycles. The molecule has 108 valence electrons. The third-order valence-electron chi connectivity index (χ3n) is 4.76. The van der Waals surface area contributed by atoms with E-state index < -0.39 is 8.07 Å². The number of hydrogen-bond acceptors (Lipinski definition) is 2. The second-order valence-corrected chi connectivity index (χ2v) is 12.3. The van der Waals surface area contributed by atoms with E-state index in [1.165, 1.54) is 44.6 Å². The predicted octanol–water partition coefficient (Wildman–Crippen LogP) is 5.34. The number of fused-ring (bicyclic) bond motifs is 3. The minimum absolute atomic E-state index is 1.35. The fraction of sp³-hybridized carbons (Fsp3) is 0.529. The van der Waals surface area contributed by atoms with Gasteiger partial charge in [-0.3, -0.25) is 0 Å². The average Bonchev–Trinajstić information content (AvgIpc) is 3.12. The SMILES string of the molecule is CCCCCCCC[Si]1(C)c2ccsc2-c2sccc21. The lowest BCUT2D eigenvalue weighted by molar-refractivity contribution is 0.623. The molecule has 0 nitrogen and oxygen atoms in total. The summed E-state index contributed by atoms with van der Waals surface area (Å²) in [5, 5.41) is 8.08. The van der Waals surface area contributed by atoms with Gasteiger partial charge < -0.3 is 0 Å². The Balaban J connectivity index is 1.67. The quantitative estimate of drug-likeness (QED) is 0.477. The highest BCUT2D eigenvalue weighted by Crippen LogP contribution is 2.37. The van der Waals surface area contributed by atoms with Crippen LogP contribution >= 0.6 is 22.7 Å². The van der Waals surface area contributed by atoms with Gasteiger partial charge in [0.2, 0.25) is 0 Å². The van der Waals surface area contributed by atoms with E-state index in [2.05, 4.69) is 36.4 Å². The predicted molar refractivity (Wildman–Crippen MR) is 96.7 cm³/mol. The van der Waals surface area contributed by atoms with E-state index in [9.17, 15) is 0 Å². The topological polar surface area (TPSA) is 0 Å². The van der Waals surface area contributed by atoms with E-state index in [0.717, 1.165) is 0 Å². The summed E-state index contributed by atoms with van der Waals surface area (Å²) >= 11 is 3.91. The number of unbranched alkanes of at least 4 members (excludes halogenated alkanes) is 5. The lowest BCUT2D eigenvalue weighted by Gasteiger charge is -2.23. The molecule has 1 aliphatic heterocycles. The van der Waals surface area contributed by atoms with Crippen LogP contribution in [0.25, 0.3) is 9.75 Å². The minimum Gasteiger partial charge on any atom is -0.143 e. The second kappa shape index (κ2) is 6.16. The van der Waals surface area contributed by atoms with E-state index in [1.54, 1.807) is 20.1 Å². The van der Waals surface area contributed by atoms with E-state index in [4.69, 9.17) is 0 Å². The van der Waals surface area contributed by atoms with Gasteiger partial charge in [0.25, 0.3) is 0 Å². The molecule has 0 N–H and O–H groups in total. The van der Waals surface area contributed by atoms with Crippen molar-refractivity contribution in [1.82, 2.24) is 0 Å². The zero-order chi connectivity index (χ0) is 14.0. The van der Waals surface area contributed by atoms with Crippen LogP contribution < -0.4 is 10.4 Å². The van der Waals surface area contributed by atoms with Crippen LogP contribution in [0.4, 0.5) is 0 Å². The Bertz CT molecular complexity index is 527. The summed E-state index contributed by atoms with van der Waals surface area (Å²) in [6.45, 7) is 4.89. The standard InChI is InChI=1S/C17H24S2Si/c1-3-4-5-6-7-8-13-20(2)14-9-11-18-16(14)17-15(20)10-12-19-17/h9-12H,3-8,13H2,1-2H3. The molecule has 0 radical (unpaired) electrons. The fourth-order valence-electron chi connectivity index (χ4n) is 3.51. The van der Waals surface area contributed by atoms with Crippen molar-refractivity contribution in [3.8, 4) is 9.75 Å². The third-order valence-corrected chi connectivity index (χ3v) is 11.7. The molecule has 0 aromatic carbocycles. The van der Waals surface area contributed by atoms with Crippen LogP contribution in [0.1, 0.15) is 45.4 Å². The molecule has 0 saturated carbocycles. The maximum Gasteiger partial charge on any atom is 0.119 e. The molecule has 3 heteroatoms. The number of rotatable bonds is 7. The molecule has 3 rings (SSSR count). The molecule has 2 aromatic rings. The van der Waals surface area contributed by atoms with Crippen molar-refractivity contribution in [1.29, 1.82) is 0 Å². The molecule has 0 unspecified atom stereocenters. The van der Waals surface area contributed by atoms with Crippen LogP contribution in [0.5, 0.6) is 0 Å². The zero-order valence-corrected chi connectivity index (χ0v) is 15.2. The van der Waals surface area contributed by atoms with Crippen molar-refractivity contribution in [2.45, 2.75) is 58.0 Å². The van der Waals surface area contributed by atoms with E-state index >= 15 is 0 Å². The van der Waals surface area contributed by atoms with Crippen molar-refractivity contribution < 1.29 is 0 Å². The molecular weight excluding hydrogens is 296 g/mol. The van der Waals surface area contributed by atoms with E-state index in [0.29, 0.717) is 0 Å². The molecule has 0 fully saturated rings. The molecule has 1 aliphatic rings. The Morgan fingerprint density at radius 2 is 1.40 bits per heavy atom. The van der Waals surface area contributed by atoms with Gasteiger partial charge in [-0.25, -0.2) is 0 Å². The van der Waals surface area contributed by atoms with Gasteiger partial charge in [-0.1, -0.05) is 64.1 Å². The van der Waals surface area contributed by atoms with E-state index in [-0.39, 0.29) is 0 Å². The molecule has 2 aromatic heterocycles. The van der Waals surface area contributed by atoms with Crippen molar-refractivity contribution in [2.75, 3.05) is 0 Å². The first-order chi connectivity index (χ1) is 9.77. The minimum atomic E-state index is -1.37. The van der Waals surface area contributed by atoms with Crippen LogP contribution in [0.2, 0.25) is 12.6 Å². The number of hydrogen-bond donors (Lipinski definition) is 0. The Labute approximate surface area is 131 Å². The lowest BCUT2D eigenvalue weighted by atomic mass is 10.1. The Hall–Kier alpha value is -0.383. The average molecular weight is 321 g/mol. The number of thiophene rings is 2. The van der Waals surface area contributed by atoms with Gasteiger partial charge in [0, 0.05) is 9.75 Å². The van der Waals surface area contributed by atoms with Gasteiger partial charge in [0.1, 0.15) is 8.07 Å². The summed E-state index contributed by atoms with van der Waals surface area (Å²) in [5.74, 6) is 0. The van der Waals surface area contributed by atoms with Crippen molar-refractivity contribution in [3.63, 3.8) is 0 Å². The van der Waals surface area contributed by atoms with Gasteiger partial charge in [0.05, 0.1) is 0 Å². The van der Waals surface area contributed by atoms with Gasteiger partial charge in [-0.15, -0.1) is 22.7 Å². The summed E-state index contributed by atoms with van der Waals surface area (Å²) in [6, 6.07) is 6.30. The van der Waals surface area contributed by atoms with Crippen LogP contribution in [-0.2, 0) is 0 Å². The molecule has 0 bridgehead atoms. The van der Waals surface area contributed by atoms with Crippen molar-refractivity contribution in [3.05, 3.63) is 22.9 Å². The highest BCUT2D eigenvalue weighted by atomic mass is 32.1. The fourth-order valence-corrected chi connectivity index (χ4v) is 11.4. The van der Waals surface area contributed by atoms with Crippen molar-refractivity contribution >= 4 is 41.1 Å². The van der Waals surface area contributed by atoms with Crippen molar-refractivity contribution in [2.24, 2.45) is 0 Å². The Morgan fingerprint density at radius 3 is 2.00 bits per heavy atom. The molecule has 0 amide bonds. The first-order valence-corrected chi connectivity index (χ1v) is 12.4.